The van der Waals surface area contributed by atoms with Crippen molar-refractivity contribution in [2.24, 2.45) is 10.8 Å². The number of nitrogens with zero attached hydrogens (tertiary/aromatic N) is 6. The van der Waals surface area contributed by atoms with Crippen LogP contribution in [0.15, 0.2) is 147 Å². The van der Waals surface area contributed by atoms with Crippen LogP contribution in [0.3, 0.4) is 0 Å². The van der Waals surface area contributed by atoms with Gasteiger partial charge in [0.15, 0.2) is 0 Å². The molecule has 3 saturated heterocycles. The molecule has 1 aromatic heterocycles. The monoisotopic (exact) mass is 1560 g/mol. The summed E-state index contributed by atoms with van der Waals surface area (Å²) in [5, 5.41) is 20.1. The fourth-order valence-corrected chi connectivity index (χ4v) is 17.7. The normalized spacial score (nSPS) is 22.0. The lowest BCUT2D eigenvalue weighted by Crippen LogP contribution is -2.57. The number of rotatable bonds is 29. The molecule has 5 amide bonds. The predicted molar refractivity (Wildman–Crippen MR) is 410 cm³/mol. The van der Waals surface area contributed by atoms with Crippen molar-refractivity contribution in [3.05, 3.63) is 160 Å². The Balaban J connectivity index is 0.670. The van der Waals surface area contributed by atoms with Gasteiger partial charge in [0.1, 0.15) is 17.0 Å². The highest BCUT2D eigenvalue weighted by Crippen LogP contribution is 2.59. The van der Waals surface area contributed by atoms with Crippen molar-refractivity contribution >= 4 is 101 Å². The fourth-order valence-electron chi connectivity index (χ4n) is 13.8. The Hall–Kier alpha value is -7.37. The van der Waals surface area contributed by atoms with E-state index < -0.39 is 138 Å². The summed E-state index contributed by atoms with van der Waals surface area (Å²) in [6.07, 6.45) is 5.63. The van der Waals surface area contributed by atoms with Crippen molar-refractivity contribution in [1.29, 1.82) is 0 Å². The lowest BCUT2D eigenvalue weighted by Gasteiger charge is -2.38. The fraction of sp³-hybridized carbons (Fsp3) is 0.487. The molecule has 5 aliphatic rings. The first-order valence-electron chi connectivity index (χ1n) is 39.7. The summed E-state index contributed by atoms with van der Waals surface area (Å²) >= 11 is 9.06. The van der Waals surface area contributed by atoms with Gasteiger partial charge in [0, 0.05) is 130 Å². The largest absolute Gasteiger partial charge is 0.501 e. The minimum Gasteiger partial charge on any atom is -0.391 e. The zero-order valence-electron chi connectivity index (χ0n) is 67.8. The first-order chi connectivity index (χ1) is 53.4. The van der Waals surface area contributed by atoms with E-state index in [0.717, 1.165) is 93.4 Å². The van der Waals surface area contributed by atoms with Crippen LogP contribution in [0.5, 0.6) is 0 Å². The number of piperazine rings is 2. The zero-order valence-corrected chi connectivity index (χ0v) is 63.8. The molecule has 2 aliphatic carbocycles. The van der Waals surface area contributed by atoms with Gasteiger partial charge in [-0.2, -0.15) is 13.2 Å². The number of carbonyl (C=O) groups is 5. The van der Waals surface area contributed by atoms with Crippen LogP contribution in [-0.2, 0) is 39.0 Å². The van der Waals surface area contributed by atoms with Crippen LogP contribution in [0.1, 0.15) is 155 Å². The number of benzene rings is 5. The van der Waals surface area contributed by atoms with Crippen molar-refractivity contribution in [3.63, 3.8) is 0 Å². The highest BCUT2D eigenvalue weighted by Gasteiger charge is 2.50. The molecule has 20 nitrogen and oxygen atoms in total. The molecule has 28 heteroatoms. The number of allylic oxidation sites excluding steroid dienone is 1. The number of sulfonamides is 1. The highest BCUT2D eigenvalue weighted by atomic mass is 35.5. The molecular formula is C78H96ClF3N10O10S4. The second-order valence-corrected chi connectivity index (χ2v) is 35.0. The number of hydrogen-bond acceptors (Lipinski definition) is 17. The van der Waals surface area contributed by atoms with Gasteiger partial charge in [0.2, 0.25) is 23.6 Å². The number of aryl methyl sites for hydroxylation is 1. The van der Waals surface area contributed by atoms with Crippen molar-refractivity contribution in [2.75, 3.05) is 87.8 Å². The number of β-amino-alcohol motifs (C(OH)–C–C–N with tert-alkyl or cyclic N) is 1. The van der Waals surface area contributed by atoms with E-state index >= 15 is 0 Å². The summed E-state index contributed by atoms with van der Waals surface area (Å²) in [7, 11) is -11.6. The Morgan fingerprint density at radius 3 is 2.11 bits per heavy atom. The lowest BCUT2D eigenvalue weighted by atomic mass is 9.79. The number of nitrogens with one attached hydrogen (secondary N) is 4. The molecule has 3 aliphatic heterocycles. The molecule has 0 bridgehead atoms. The number of anilines is 2. The van der Waals surface area contributed by atoms with Crippen molar-refractivity contribution in [2.45, 2.75) is 169 Å². The maximum atomic E-state index is 14.7. The molecule has 570 valence electrons. The number of halogens is 4. The van der Waals surface area contributed by atoms with Gasteiger partial charge < -0.3 is 35.8 Å². The van der Waals surface area contributed by atoms with Gasteiger partial charge in [-0.3, -0.25) is 33.8 Å². The summed E-state index contributed by atoms with van der Waals surface area (Å²) in [4.78, 5) is 78.6. The van der Waals surface area contributed by atoms with E-state index in [1.54, 1.807) is 68.9 Å². The van der Waals surface area contributed by atoms with Gasteiger partial charge in [-0.1, -0.05) is 105 Å². The number of aromatic nitrogens is 1. The average molecular weight is 1560 g/mol. The van der Waals surface area contributed by atoms with Crippen molar-refractivity contribution < 1.29 is 70.1 Å². The maximum Gasteiger partial charge on any atom is 0.501 e. The van der Waals surface area contributed by atoms with Crippen LogP contribution in [-0.4, -0.2) is 183 Å². The third-order valence-electron chi connectivity index (χ3n) is 20.2. The smallest absolute Gasteiger partial charge is 0.391 e. The van der Waals surface area contributed by atoms with Crippen LogP contribution in [0.2, 0.25) is 5.02 Å². The number of unbranched alkanes of at least 4 members (excludes halogenated alkanes) is 3. The maximum absolute atomic E-state index is 14.7. The van der Waals surface area contributed by atoms with Crippen LogP contribution in [0.25, 0.3) is 16.0 Å². The minimum atomic E-state index is -6.33. The van der Waals surface area contributed by atoms with Crippen molar-refractivity contribution in [1.82, 2.24) is 39.9 Å². The number of thioether (sulfide) groups is 1. The molecule has 0 unspecified atom stereocenters. The Morgan fingerprint density at radius 2 is 1.47 bits per heavy atom. The lowest BCUT2D eigenvalue weighted by molar-refractivity contribution is -0.144. The predicted octanol–water partition coefficient (Wildman–Crippen LogP) is 12.5. The number of likely N-dealkylation sites (tertiary alicyclic amines) is 1. The third kappa shape index (κ3) is 20.3. The van der Waals surface area contributed by atoms with E-state index in [2.05, 4.69) is 25.8 Å². The number of sulfone groups is 1. The molecule has 0 radical (unpaired) electrons. The Labute approximate surface area is 644 Å². The minimum absolute atomic E-state index is 0.0381. The SMILES string of the molecule is [2H]C1([2H])N(CC2=C(c3ccc(Cl)cc3)CCC3(CC3)C2)C([2H])([2H])C([2H])([2H])N(c2ccc(C(=O)NS(=O)(=O)c3ccc(N[C@H](CCN4CCN(C(=O)CCCCCCC(=O)N[C@H](C(=O)N5C[C@H](O)C[C@H]5C(=O)N[C@@H](C)c5ccc(-c6scnc6C)cc5)C(C)(C)C)CC4)CSc4ccccc4)c(S(=O)(=O)C(F)(F)F)c3)cc2)C1([2H])[2H]. The first kappa shape index (κ1) is 69.1. The van der Waals surface area contributed by atoms with E-state index in [1.165, 1.54) is 16.7 Å². The molecular weight excluding hydrogens is 1460 g/mol. The van der Waals surface area contributed by atoms with Gasteiger partial charge in [0.25, 0.3) is 25.8 Å². The van der Waals surface area contributed by atoms with E-state index in [1.807, 2.05) is 71.0 Å². The molecule has 4 heterocycles. The Bertz CT molecular complexity index is 4740. The molecule has 6 aromatic rings. The molecule has 11 rings (SSSR count). The molecule has 1 saturated carbocycles. The quantitative estimate of drug-likeness (QED) is 0.0216. The summed E-state index contributed by atoms with van der Waals surface area (Å²) < 4.78 is 175. The van der Waals surface area contributed by atoms with Crippen molar-refractivity contribution in [3.8, 4) is 10.4 Å². The van der Waals surface area contributed by atoms with Gasteiger partial charge in [-0.05, 0) is 165 Å². The third-order valence-corrected chi connectivity index (χ3v) is 25.4. The molecule has 1 spiro atoms. The van der Waals surface area contributed by atoms with Gasteiger partial charge in [-0.25, -0.2) is 26.5 Å². The Kier molecular flexibility index (Phi) is 22.5. The summed E-state index contributed by atoms with van der Waals surface area (Å²) in [6, 6.07) is 26.3. The topological polar surface area (TPSA) is 251 Å². The van der Waals surface area contributed by atoms with E-state index in [4.69, 9.17) is 11.6 Å². The van der Waals surface area contributed by atoms with E-state index in [9.17, 15) is 70.1 Å². The number of hydrogen-bond donors (Lipinski definition) is 5. The van der Waals surface area contributed by atoms with Crippen LogP contribution < -0.4 is 25.6 Å². The van der Waals surface area contributed by atoms with Crippen LogP contribution in [0.4, 0.5) is 24.5 Å². The molecule has 4 fully saturated rings. The molecule has 5 N–H and O–H groups in total. The summed E-state index contributed by atoms with van der Waals surface area (Å²) in [5.74, 6) is -2.55. The van der Waals surface area contributed by atoms with Gasteiger partial charge in [0.05, 0.1) is 44.3 Å². The van der Waals surface area contributed by atoms with Crippen LogP contribution >= 0.6 is 34.7 Å². The molecule has 5 atom stereocenters. The molecule has 106 heavy (non-hydrogen) atoms. The zero-order chi connectivity index (χ0) is 82.9. The summed E-state index contributed by atoms with van der Waals surface area (Å²) in [5.41, 5.74) is -1.53. The average Bonchev–Trinajstić information content (AvgIpc) is 0.914. The molecule has 5 aromatic carbocycles. The number of amides is 5. The van der Waals surface area contributed by atoms with E-state index in [0.29, 0.717) is 86.7 Å². The van der Waals surface area contributed by atoms with Gasteiger partial charge in [-0.15, -0.1) is 23.1 Å². The number of thiazole rings is 1. The second-order valence-electron chi connectivity index (χ2n) is 29.0. The standard InChI is InChI=1S/C78H96ClF3N10O10S4/c1-52(54-17-19-56(20-18-54)71-53(2)83-51-104-71)84-74(97)67-45-62(93)49-92(67)75(98)72(76(3,4)5)86-69(94)15-11-6-7-12-16-70(95)91-43-37-88(38-44-91)36-32-60(50-103-63-13-9-8-10-14-63)85-66-30-29-64(46-68(66)105(99,100)78(80,81)82)106(101,102)87-73(96)57-23-27-61(28-24-57)90-41-39-89(40-42-90)48-58-47-77(34-35-77)33-31-65(58)55-21-25-59(79)26-22-55/h8-10,13-14,17-30,46,51-52,60,62,67,72,85,93H,6-7,11-12,15-16,31-45,47-50H2,1-5H3,(H,84,97)(H,86,94)(H,87,96)/t52-,60+,62+,67-,72+/m0/s1/i39D2,40D2,41D2,42D2. The number of aliphatic hydroxyl groups is 1. The van der Waals surface area contributed by atoms with Gasteiger partial charge >= 0.3 is 5.51 Å². The Morgan fingerprint density at radius 1 is 0.802 bits per heavy atom. The van der Waals surface area contributed by atoms with E-state index in [-0.39, 0.29) is 66.2 Å². The number of carbonyl (C=O) groups excluding carboxylic acids is 5. The second kappa shape index (κ2) is 34.5. The number of alkyl halides is 3. The highest BCUT2D eigenvalue weighted by molar-refractivity contribution is 7.99. The van der Waals surface area contributed by atoms with Crippen LogP contribution in [0, 0.1) is 17.8 Å². The summed E-state index contributed by atoms with van der Waals surface area (Å²) in [6.45, 7) is -2.53. The number of aliphatic hydroxyl groups excluding tert-OH is 1. The first-order valence-corrected chi connectivity index (χ1v) is 40.9.